The van der Waals surface area contributed by atoms with Crippen molar-refractivity contribution in [1.29, 1.82) is 0 Å². The molecule has 0 aliphatic carbocycles. The van der Waals surface area contributed by atoms with Crippen molar-refractivity contribution in [3.05, 3.63) is 28.3 Å². The summed E-state index contributed by atoms with van der Waals surface area (Å²) >= 11 is 0. The maximum atomic E-state index is 11.8. The van der Waals surface area contributed by atoms with E-state index in [1.165, 1.54) is 0 Å². The monoisotopic (exact) mass is 205 g/mol. The fraction of sp³-hybridized carbons (Fsp3) is 0.455. The second-order valence-electron chi connectivity index (χ2n) is 4.87. The molecule has 2 aromatic heterocycles. The molecule has 0 amide bonds. The fourth-order valence-corrected chi connectivity index (χ4v) is 1.75. The van der Waals surface area contributed by atoms with Crippen LogP contribution in [0.5, 0.6) is 0 Å². The maximum Gasteiger partial charge on any atom is 0.276 e. The third-order valence-electron chi connectivity index (χ3n) is 2.59. The molecule has 15 heavy (non-hydrogen) atoms. The number of aromatic amines is 1. The molecule has 0 aliphatic heterocycles. The number of rotatable bonds is 0. The molecule has 4 heteroatoms. The molecule has 0 aliphatic rings. The molecule has 1 N–H and O–H groups in total. The lowest BCUT2D eigenvalue weighted by Gasteiger charge is -2.20. The van der Waals surface area contributed by atoms with Crippen LogP contribution in [0.2, 0.25) is 0 Å². The van der Waals surface area contributed by atoms with Gasteiger partial charge >= 0.3 is 0 Å². The van der Waals surface area contributed by atoms with Crippen molar-refractivity contribution in [2.75, 3.05) is 0 Å². The van der Waals surface area contributed by atoms with Gasteiger partial charge in [-0.05, 0) is 11.0 Å². The number of pyridine rings is 1. The van der Waals surface area contributed by atoms with E-state index in [0.717, 1.165) is 10.9 Å². The van der Waals surface area contributed by atoms with Crippen LogP contribution in [-0.2, 0) is 12.5 Å². The summed E-state index contributed by atoms with van der Waals surface area (Å²) < 4.78 is 1.60. The molecule has 0 spiro atoms. The van der Waals surface area contributed by atoms with Gasteiger partial charge < -0.3 is 4.57 Å². The molecule has 4 nitrogen and oxygen atoms in total. The van der Waals surface area contributed by atoms with Crippen LogP contribution in [0.25, 0.3) is 10.9 Å². The first kappa shape index (κ1) is 9.96. The molecular formula is C11H15N3O. The van der Waals surface area contributed by atoms with Crippen LogP contribution in [0.15, 0.2) is 17.2 Å². The van der Waals surface area contributed by atoms with Crippen molar-refractivity contribution in [3.8, 4) is 0 Å². The van der Waals surface area contributed by atoms with Gasteiger partial charge in [0.25, 0.3) is 5.56 Å². The zero-order chi connectivity index (χ0) is 11.2. The van der Waals surface area contributed by atoms with Crippen LogP contribution < -0.4 is 5.56 Å². The van der Waals surface area contributed by atoms with Gasteiger partial charge in [0.2, 0.25) is 0 Å². The summed E-state index contributed by atoms with van der Waals surface area (Å²) in [5, 5.41) is 7.62. The smallest absolute Gasteiger partial charge is 0.276 e. The number of nitrogens with one attached hydrogen (secondary N) is 1. The quantitative estimate of drug-likeness (QED) is 0.709. The van der Waals surface area contributed by atoms with Gasteiger partial charge in [0.15, 0.2) is 0 Å². The van der Waals surface area contributed by atoms with Crippen LogP contribution in [0.3, 0.4) is 0 Å². The Kier molecular flexibility index (Phi) is 1.96. The van der Waals surface area contributed by atoms with E-state index in [1.54, 1.807) is 17.8 Å². The maximum absolute atomic E-state index is 11.8. The summed E-state index contributed by atoms with van der Waals surface area (Å²) in [5.74, 6) is 0. The Morgan fingerprint density at radius 3 is 2.67 bits per heavy atom. The van der Waals surface area contributed by atoms with E-state index in [4.69, 9.17) is 0 Å². The van der Waals surface area contributed by atoms with E-state index >= 15 is 0 Å². The van der Waals surface area contributed by atoms with Crippen LogP contribution in [0.4, 0.5) is 0 Å². The Balaban J connectivity index is 2.93. The summed E-state index contributed by atoms with van der Waals surface area (Å²) in [4.78, 5) is 11.8. The molecule has 0 atom stereocenters. The lowest BCUT2D eigenvalue weighted by atomic mass is 9.86. The lowest BCUT2D eigenvalue weighted by molar-refractivity contribution is 0.587. The summed E-state index contributed by atoms with van der Waals surface area (Å²) in [6.07, 6.45) is 3.61. The van der Waals surface area contributed by atoms with Crippen molar-refractivity contribution in [2.45, 2.75) is 26.2 Å². The average molecular weight is 205 g/mol. The number of hydrogen-bond donors (Lipinski definition) is 1. The second-order valence-corrected chi connectivity index (χ2v) is 4.87. The molecule has 2 aromatic rings. The molecule has 0 radical (unpaired) electrons. The van der Waals surface area contributed by atoms with Gasteiger partial charge in [-0.15, -0.1) is 0 Å². The van der Waals surface area contributed by atoms with Crippen LogP contribution in [-0.4, -0.2) is 14.8 Å². The van der Waals surface area contributed by atoms with Crippen molar-refractivity contribution >= 4 is 10.9 Å². The van der Waals surface area contributed by atoms with Crippen LogP contribution >= 0.6 is 0 Å². The van der Waals surface area contributed by atoms with Crippen molar-refractivity contribution in [2.24, 2.45) is 7.05 Å². The summed E-state index contributed by atoms with van der Waals surface area (Å²) in [6, 6.07) is 0. The minimum atomic E-state index is -0.0319. The number of hydrogen-bond acceptors (Lipinski definition) is 2. The van der Waals surface area contributed by atoms with E-state index in [2.05, 4.69) is 31.0 Å². The molecule has 0 aromatic carbocycles. The molecule has 80 valence electrons. The van der Waals surface area contributed by atoms with Crippen molar-refractivity contribution < 1.29 is 0 Å². The third kappa shape index (κ3) is 1.46. The molecule has 0 saturated carbocycles. The number of H-pyrrole nitrogens is 1. The highest BCUT2D eigenvalue weighted by atomic mass is 16.1. The predicted molar refractivity (Wildman–Crippen MR) is 60.0 cm³/mol. The Morgan fingerprint density at radius 2 is 2.07 bits per heavy atom. The molecular weight excluding hydrogens is 190 g/mol. The topological polar surface area (TPSA) is 50.7 Å². The van der Waals surface area contributed by atoms with Gasteiger partial charge in [0.05, 0.1) is 6.20 Å². The summed E-state index contributed by atoms with van der Waals surface area (Å²) in [6.45, 7) is 6.37. The Bertz CT molecular complexity index is 557. The van der Waals surface area contributed by atoms with Gasteiger partial charge in [-0.2, -0.15) is 5.10 Å². The van der Waals surface area contributed by atoms with Gasteiger partial charge in [-0.3, -0.25) is 9.89 Å². The standard InChI is InChI=1S/C11H15N3O/c1-11(2,3)8-6-14(4)10(15)9-7(8)5-12-13-9/h5-6H,1-4H3,(H,12,13). The zero-order valence-corrected chi connectivity index (χ0v) is 9.46. The number of nitrogens with zero attached hydrogens (tertiary/aromatic N) is 2. The van der Waals surface area contributed by atoms with Crippen LogP contribution in [0.1, 0.15) is 26.3 Å². The molecule has 2 rings (SSSR count). The van der Waals surface area contributed by atoms with Crippen LogP contribution in [0, 0.1) is 0 Å². The first-order chi connectivity index (χ1) is 6.91. The van der Waals surface area contributed by atoms with E-state index in [1.807, 2.05) is 6.20 Å². The predicted octanol–water partition coefficient (Wildman–Crippen LogP) is 1.56. The largest absolute Gasteiger partial charge is 0.316 e. The molecule has 0 fully saturated rings. The van der Waals surface area contributed by atoms with E-state index < -0.39 is 0 Å². The third-order valence-corrected chi connectivity index (χ3v) is 2.59. The Labute approximate surface area is 87.9 Å². The highest BCUT2D eigenvalue weighted by molar-refractivity contribution is 5.81. The fourth-order valence-electron chi connectivity index (χ4n) is 1.75. The molecule has 2 heterocycles. The minimum Gasteiger partial charge on any atom is -0.316 e. The minimum absolute atomic E-state index is 0.00752. The summed E-state index contributed by atoms with van der Waals surface area (Å²) in [7, 11) is 1.76. The number of fused-ring (bicyclic) bond motifs is 1. The SMILES string of the molecule is Cn1cc(C(C)(C)C)c2cn[nH]c2c1=O. The van der Waals surface area contributed by atoms with Gasteiger partial charge in [0.1, 0.15) is 5.52 Å². The van der Waals surface area contributed by atoms with E-state index in [-0.39, 0.29) is 11.0 Å². The first-order valence-electron chi connectivity index (χ1n) is 4.94. The number of aryl methyl sites for hydroxylation is 1. The highest BCUT2D eigenvalue weighted by Crippen LogP contribution is 2.26. The van der Waals surface area contributed by atoms with E-state index in [9.17, 15) is 4.79 Å². The number of aromatic nitrogens is 3. The Morgan fingerprint density at radius 1 is 1.40 bits per heavy atom. The van der Waals surface area contributed by atoms with E-state index in [0.29, 0.717) is 5.52 Å². The van der Waals surface area contributed by atoms with Crippen molar-refractivity contribution in [1.82, 2.24) is 14.8 Å². The Hall–Kier alpha value is -1.58. The lowest BCUT2D eigenvalue weighted by Crippen LogP contribution is -2.21. The molecule has 0 unspecified atom stereocenters. The van der Waals surface area contributed by atoms with Gasteiger partial charge in [0, 0.05) is 18.6 Å². The average Bonchev–Trinajstić information content (AvgIpc) is 2.57. The summed E-state index contributed by atoms with van der Waals surface area (Å²) in [5.41, 5.74) is 1.70. The normalized spacial score (nSPS) is 12.3. The van der Waals surface area contributed by atoms with Gasteiger partial charge in [-0.25, -0.2) is 0 Å². The highest BCUT2D eigenvalue weighted by Gasteiger charge is 2.19. The molecule has 0 bridgehead atoms. The second kappa shape index (κ2) is 2.95. The first-order valence-corrected chi connectivity index (χ1v) is 4.94. The van der Waals surface area contributed by atoms with Gasteiger partial charge in [-0.1, -0.05) is 20.8 Å². The van der Waals surface area contributed by atoms with Crippen molar-refractivity contribution in [3.63, 3.8) is 0 Å². The molecule has 0 saturated heterocycles. The zero-order valence-electron chi connectivity index (χ0n) is 9.46.